The van der Waals surface area contributed by atoms with E-state index in [1.165, 1.54) is 26.0 Å². The minimum atomic E-state index is -4.51. The van der Waals surface area contributed by atoms with Crippen LogP contribution >= 0.6 is 15.9 Å². The Morgan fingerprint density at radius 2 is 1.83 bits per heavy atom. The molecule has 1 N–H and O–H groups in total. The summed E-state index contributed by atoms with van der Waals surface area (Å²) in [4.78, 5) is 10.7. The molecule has 1 aromatic rings. The van der Waals surface area contributed by atoms with Gasteiger partial charge in [0.1, 0.15) is 0 Å². The van der Waals surface area contributed by atoms with Crippen molar-refractivity contribution in [1.29, 1.82) is 0 Å². The van der Waals surface area contributed by atoms with E-state index in [-0.39, 0.29) is 12.0 Å². The highest BCUT2D eigenvalue weighted by atomic mass is 79.9. The molecule has 0 aliphatic carbocycles. The van der Waals surface area contributed by atoms with Gasteiger partial charge in [0.15, 0.2) is 0 Å². The van der Waals surface area contributed by atoms with Crippen LogP contribution < -0.4 is 0 Å². The number of alkyl halides is 3. The van der Waals surface area contributed by atoms with Crippen LogP contribution in [-0.2, 0) is 16.4 Å². The first-order valence-corrected chi connectivity index (χ1v) is 5.92. The summed E-state index contributed by atoms with van der Waals surface area (Å²) < 4.78 is 39.1. The van der Waals surface area contributed by atoms with Crippen LogP contribution in [-0.4, -0.2) is 11.1 Å². The molecule has 0 aromatic heterocycles. The van der Waals surface area contributed by atoms with Crippen molar-refractivity contribution in [3.8, 4) is 0 Å². The van der Waals surface area contributed by atoms with Crippen LogP contribution in [0.3, 0.4) is 0 Å². The third-order valence-corrected chi connectivity index (χ3v) is 3.10. The number of hydrogen-bond donors (Lipinski definition) is 1. The Kier molecular flexibility index (Phi) is 4.10. The highest BCUT2D eigenvalue weighted by Crippen LogP contribution is 2.40. The summed E-state index contributed by atoms with van der Waals surface area (Å²) in [6.45, 7) is 2.97. The Morgan fingerprint density at radius 1 is 1.28 bits per heavy atom. The number of carboxylic acids is 1. The number of hydrogen-bond acceptors (Lipinski definition) is 1. The van der Waals surface area contributed by atoms with Crippen molar-refractivity contribution in [2.24, 2.45) is 0 Å². The number of benzene rings is 1. The van der Waals surface area contributed by atoms with E-state index in [2.05, 4.69) is 15.9 Å². The Bertz CT molecular complexity index is 467. The second-order valence-corrected chi connectivity index (χ2v) is 5.56. The lowest BCUT2D eigenvalue weighted by Gasteiger charge is -2.27. The molecule has 18 heavy (non-hydrogen) atoms. The lowest BCUT2D eigenvalue weighted by Crippen LogP contribution is -2.25. The molecule has 0 saturated carbocycles. The Balaban J connectivity index is 3.36. The van der Waals surface area contributed by atoms with Gasteiger partial charge in [-0.05, 0) is 17.7 Å². The van der Waals surface area contributed by atoms with Crippen molar-refractivity contribution >= 4 is 21.9 Å². The molecule has 1 rings (SSSR count). The molecule has 6 heteroatoms. The molecule has 0 aliphatic heterocycles. The molecule has 0 aliphatic rings. The minimum absolute atomic E-state index is 0.0133. The maximum Gasteiger partial charge on any atom is 0.416 e. The van der Waals surface area contributed by atoms with E-state index < -0.39 is 23.1 Å². The monoisotopic (exact) mass is 324 g/mol. The number of halogens is 4. The van der Waals surface area contributed by atoms with Gasteiger partial charge in [0.2, 0.25) is 0 Å². The second-order valence-electron chi connectivity index (χ2n) is 4.64. The molecule has 0 fully saturated rings. The summed E-state index contributed by atoms with van der Waals surface area (Å²) >= 11 is 2.99. The van der Waals surface area contributed by atoms with Crippen molar-refractivity contribution < 1.29 is 23.1 Å². The predicted octanol–water partition coefficient (Wildman–Crippen LogP) is 4.22. The average Bonchev–Trinajstić information content (AvgIpc) is 2.13. The summed E-state index contributed by atoms with van der Waals surface area (Å²) in [5.74, 6) is -1.13. The van der Waals surface area contributed by atoms with Crippen LogP contribution in [0.1, 0.15) is 31.4 Å². The zero-order valence-corrected chi connectivity index (χ0v) is 11.4. The zero-order valence-electron chi connectivity index (χ0n) is 9.81. The molecule has 100 valence electrons. The summed E-state index contributed by atoms with van der Waals surface area (Å²) in [6.07, 6.45) is -4.87. The molecular weight excluding hydrogens is 313 g/mol. The van der Waals surface area contributed by atoms with Gasteiger partial charge in [-0.3, -0.25) is 4.79 Å². The van der Waals surface area contributed by atoms with Gasteiger partial charge in [-0.2, -0.15) is 13.2 Å². The minimum Gasteiger partial charge on any atom is -0.481 e. The molecule has 0 amide bonds. The Morgan fingerprint density at radius 3 is 2.28 bits per heavy atom. The van der Waals surface area contributed by atoms with Gasteiger partial charge in [-0.1, -0.05) is 35.8 Å². The lowest BCUT2D eigenvalue weighted by molar-refractivity contribution is -0.141. The summed E-state index contributed by atoms with van der Waals surface area (Å²) in [6, 6.07) is 3.77. The number of aliphatic carboxylic acids is 1. The van der Waals surface area contributed by atoms with Gasteiger partial charge in [0.05, 0.1) is 12.0 Å². The third-order valence-electron chi connectivity index (χ3n) is 2.61. The molecule has 0 atom stereocenters. The van der Waals surface area contributed by atoms with Crippen LogP contribution in [0.25, 0.3) is 0 Å². The van der Waals surface area contributed by atoms with Crippen LogP contribution in [0.4, 0.5) is 13.2 Å². The van der Waals surface area contributed by atoms with Crippen molar-refractivity contribution in [3.63, 3.8) is 0 Å². The highest BCUT2D eigenvalue weighted by Gasteiger charge is 2.38. The number of carbonyl (C=O) groups is 1. The van der Waals surface area contributed by atoms with E-state index in [0.29, 0.717) is 4.47 Å². The molecule has 0 bridgehead atoms. The van der Waals surface area contributed by atoms with E-state index >= 15 is 0 Å². The average molecular weight is 325 g/mol. The molecule has 2 nitrogen and oxygen atoms in total. The maximum atomic E-state index is 12.9. The van der Waals surface area contributed by atoms with E-state index in [1.54, 1.807) is 0 Å². The lowest BCUT2D eigenvalue weighted by atomic mass is 9.79. The predicted molar refractivity (Wildman–Crippen MR) is 64.4 cm³/mol. The largest absolute Gasteiger partial charge is 0.481 e. The second kappa shape index (κ2) is 4.91. The van der Waals surface area contributed by atoms with Gasteiger partial charge < -0.3 is 5.11 Å². The van der Waals surface area contributed by atoms with Crippen molar-refractivity contribution in [3.05, 3.63) is 33.8 Å². The van der Waals surface area contributed by atoms with Gasteiger partial charge in [0, 0.05) is 9.89 Å². The van der Waals surface area contributed by atoms with Crippen LogP contribution in [0, 0.1) is 0 Å². The summed E-state index contributed by atoms with van der Waals surface area (Å²) in [7, 11) is 0. The standard InChI is InChI=1S/C12H12BrF3O2/c1-11(2,6-10(17)18)8-4-3-7(13)5-9(8)12(14,15)16/h3-5H,6H2,1-2H3,(H,17,18). The molecule has 0 unspecified atom stereocenters. The Labute approximate surface area is 111 Å². The number of carboxylic acid groups (broad SMARTS) is 1. The van der Waals surface area contributed by atoms with Crippen molar-refractivity contribution in [2.45, 2.75) is 31.9 Å². The third kappa shape index (κ3) is 3.48. The SMILES string of the molecule is CC(C)(CC(=O)O)c1ccc(Br)cc1C(F)(F)F. The van der Waals surface area contributed by atoms with E-state index in [1.807, 2.05) is 0 Å². The molecule has 0 saturated heterocycles. The van der Waals surface area contributed by atoms with Gasteiger partial charge >= 0.3 is 12.1 Å². The number of rotatable bonds is 3. The highest BCUT2D eigenvalue weighted by molar-refractivity contribution is 9.10. The molecular formula is C12H12BrF3O2. The first kappa shape index (κ1) is 15.0. The van der Waals surface area contributed by atoms with Gasteiger partial charge in [0.25, 0.3) is 0 Å². The summed E-state index contributed by atoms with van der Waals surface area (Å²) in [5, 5.41) is 8.77. The van der Waals surface area contributed by atoms with Gasteiger partial charge in [-0.15, -0.1) is 0 Å². The van der Waals surface area contributed by atoms with E-state index in [4.69, 9.17) is 5.11 Å². The van der Waals surface area contributed by atoms with Crippen LogP contribution in [0.2, 0.25) is 0 Å². The molecule has 0 radical (unpaired) electrons. The fourth-order valence-corrected chi connectivity index (χ4v) is 2.18. The fraction of sp³-hybridized carbons (Fsp3) is 0.417. The van der Waals surface area contributed by atoms with Gasteiger partial charge in [-0.25, -0.2) is 0 Å². The zero-order chi connectivity index (χ0) is 14.1. The Hall–Kier alpha value is -1.04. The molecule has 0 heterocycles. The van der Waals surface area contributed by atoms with Crippen LogP contribution in [0.5, 0.6) is 0 Å². The fourth-order valence-electron chi connectivity index (χ4n) is 1.81. The quantitative estimate of drug-likeness (QED) is 0.903. The normalized spacial score (nSPS) is 12.6. The smallest absolute Gasteiger partial charge is 0.416 e. The van der Waals surface area contributed by atoms with E-state index in [9.17, 15) is 18.0 Å². The summed E-state index contributed by atoms with van der Waals surface area (Å²) in [5.41, 5.74) is -1.90. The topological polar surface area (TPSA) is 37.3 Å². The molecule has 1 aromatic carbocycles. The van der Waals surface area contributed by atoms with Crippen molar-refractivity contribution in [1.82, 2.24) is 0 Å². The van der Waals surface area contributed by atoms with E-state index in [0.717, 1.165) is 6.07 Å². The van der Waals surface area contributed by atoms with Crippen LogP contribution in [0.15, 0.2) is 22.7 Å². The first-order valence-electron chi connectivity index (χ1n) is 5.13. The van der Waals surface area contributed by atoms with Crippen molar-refractivity contribution in [2.75, 3.05) is 0 Å². The molecule has 0 spiro atoms. The first-order chi connectivity index (χ1) is 8.04. The maximum absolute atomic E-state index is 12.9.